The standard InChI is InChI=1S/C15H20N2O2/c18-15(19)12-5-3-11(4-6-12)8-17-9-13-2-1-7-16-14(13)10-17/h3-6,13-14,16H,1-2,7-10H2,(H,18,19)/t13-,14+/m0/s1. The molecule has 0 amide bonds. The second kappa shape index (κ2) is 5.31. The van der Waals surface area contributed by atoms with Crippen molar-refractivity contribution < 1.29 is 9.90 Å². The molecule has 0 spiro atoms. The molecule has 0 bridgehead atoms. The Balaban J connectivity index is 1.61. The fourth-order valence-corrected chi connectivity index (χ4v) is 3.28. The minimum atomic E-state index is -0.858. The van der Waals surface area contributed by atoms with E-state index >= 15 is 0 Å². The smallest absolute Gasteiger partial charge is 0.335 e. The molecule has 0 unspecified atom stereocenters. The molecule has 4 nitrogen and oxygen atoms in total. The van der Waals surface area contributed by atoms with Crippen molar-refractivity contribution >= 4 is 5.97 Å². The molecule has 2 aliphatic rings. The lowest BCUT2D eigenvalue weighted by Crippen LogP contribution is -2.40. The molecule has 2 saturated heterocycles. The van der Waals surface area contributed by atoms with Crippen LogP contribution in [0.15, 0.2) is 24.3 Å². The highest BCUT2D eigenvalue weighted by atomic mass is 16.4. The van der Waals surface area contributed by atoms with Gasteiger partial charge >= 0.3 is 5.97 Å². The largest absolute Gasteiger partial charge is 0.478 e. The van der Waals surface area contributed by atoms with Crippen molar-refractivity contribution in [2.45, 2.75) is 25.4 Å². The van der Waals surface area contributed by atoms with Crippen LogP contribution >= 0.6 is 0 Å². The molecule has 4 heteroatoms. The first-order chi connectivity index (χ1) is 9.22. The average Bonchev–Trinajstić information content (AvgIpc) is 2.81. The van der Waals surface area contributed by atoms with Gasteiger partial charge in [-0.1, -0.05) is 12.1 Å². The summed E-state index contributed by atoms with van der Waals surface area (Å²) in [4.78, 5) is 13.3. The lowest BCUT2D eigenvalue weighted by molar-refractivity contribution is 0.0697. The summed E-state index contributed by atoms with van der Waals surface area (Å²) in [5, 5.41) is 12.5. The Bertz CT molecular complexity index is 444. The van der Waals surface area contributed by atoms with E-state index in [2.05, 4.69) is 10.2 Å². The van der Waals surface area contributed by atoms with E-state index in [4.69, 9.17) is 5.11 Å². The minimum Gasteiger partial charge on any atom is -0.478 e. The van der Waals surface area contributed by atoms with Gasteiger partial charge in [-0.25, -0.2) is 4.79 Å². The molecule has 0 aliphatic carbocycles. The summed E-state index contributed by atoms with van der Waals surface area (Å²) >= 11 is 0. The third-order valence-electron chi connectivity index (χ3n) is 4.28. The lowest BCUT2D eigenvalue weighted by Gasteiger charge is -2.24. The number of carboxylic acid groups (broad SMARTS) is 1. The van der Waals surface area contributed by atoms with Gasteiger partial charge in [-0.15, -0.1) is 0 Å². The molecule has 2 heterocycles. The second-order valence-electron chi connectivity index (χ2n) is 5.66. The number of aromatic carboxylic acids is 1. The van der Waals surface area contributed by atoms with Gasteiger partial charge in [0.05, 0.1) is 5.56 Å². The first-order valence-electron chi connectivity index (χ1n) is 7.00. The van der Waals surface area contributed by atoms with Crippen LogP contribution in [0.3, 0.4) is 0 Å². The maximum atomic E-state index is 10.8. The molecule has 2 atom stereocenters. The Kier molecular flexibility index (Phi) is 3.53. The van der Waals surface area contributed by atoms with Crippen molar-refractivity contribution in [3.8, 4) is 0 Å². The third-order valence-corrected chi connectivity index (χ3v) is 4.28. The molecule has 19 heavy (non-hydrogen) atoms. The second-order valence-corrected chi connectivity index (χ2v) is 5.66. The van der Waals surface area contributed by atoms with Crippen molar-refractivity contribution in [2.24, 2.45) is 5.92 Å². The SMILES string of the molecule is O=C(O)c1ccc(CN2C[C@@H]3CCCN[C@@H]3C2)cc1. The molecule has 102 valence electrons. The van der Waals surface area contributed by atoms with E-state index in [1.165, 1.54) is 24.9 Å². The Labute approximate surface area is 113 Å². The van der Waals surface area contributed by atoms with E-state index in [1.807, 2.05) is 12.1 Å². The number of carbonyl (C=O) groups is 1. The Hall–Kier alpha value is -1.39. The van der Waals surface area contributed by atoms with Crippen LogP contribution in [0.4, 0.5) is 0 Å². The van der Waals surface area contributed by atoms with Crippen LogP contribution in [0.1, 0.15) is 28.8 Å². The summed E-state index contributed by atoms with van der Waals surface area (Å²) in [5.74, 6) is -0.0602. The summed E-state index contributed by atoms with van der Waals surface area (Å²) in [6.07, 6.45) is 2.63. The van der Waals surface area contributed by atoms with E-state index in [9.17, 15) is 4.79 Å². The Morgan fingerprint density at radius 2 is 2.11 bits per heavy atom. The fourth-order valence-electron chi connectivity index (χ4n) is 3.28. The number of rotatable bonds is 3. The van der Waals surface area contributed by atoms with Crippen LogP contribution in [0, 0.1) is 5.92 Å². The Morgan fingerprint density at radius 3 is 2.79 bits per heavy atom. The number of nitrogens with zero attached hydrogens (tertiary/aromatic N) is 1. The van der Waals surface area contributed by atoms with Crippen LogP contribution in [0.5, 0.6) is 0 Å². The van der Waals surface area contributed by atoms with Crippen LogP contribution in [0.2, 0.25) is 0 Å². The molecule has 2 N–H and O–H groups in total. The number of hydrogen-bond acceptors (Lipinski definition) is 3. The highest BCUT2D eigenvalue weighted by Gasteiger charge is 2.33. The predicted octanol–water partition coefficient (Wildman–Crippen LogP) is 1.57. The lowest BCUT2D eigenvalue weighted by atomic mass is 9.94. The number of piperidine rings is 1. The summed E-state index contributed by atoms with van der Waals surface area (Å²) in [6.45, 7) is 4.36. The first-order valence-corrected chi connectivity index (χ1v) is 7.00. The quantitative estimate of drug-likeness (QED) is 0.866. The van der Waals surface area contributed by atoms with Gasteiger partial charge in [0.2, 0.25) is 0 Å². The van der Waals surface area contributed by atoms with Gasteiger partial charge in [0.1, 0.15) is 0 Å². The van der Waals surface area contributed by atoms with E-state index in [1.54, 1.807) is 12.1 Å². The van der Waals surface area contributed by atoms with Crippen molar-refractivity contribution in [1.82, 2.24) is 10.2 Å². The first kappa shape index (κ1) is 12.6. The van der Waals surface area contributed by atoms with Crippen molar-refractivity contribution in [2.75, 3.05) is 19.6 Å². The molecular weight excluding hydrogens is 240 g/mol. The van der Waals surface area contributed by atoms with E-state index in [0.717, 1.165) is 25.6 Å². The topological polar surface area (TPSA) is 52.6 Å². The highest BCUT2D eigenvalue weighted by molar-refractivity contribution is 5.87. The van der Waals surface area contributed by atoms with Crippen LogP contribution < -0.4 is 5.32 Å². The molecule has 2 fully saturated rings. The molecule has 0 radical (unpaired) electrons. The minimum absolute atomic E-state index is 0.362. The third kappa shape index (κ3) is 2.80. The summed E-state index contributed by atoms with van der Waals surface area (Å²) in [6, 6.07) is 7.91. The van der Waals surface area contributed by atoms with Crippen molar-refractivity contribution in [1.29, 1.82) is 0 Å². The summed E-state index contributed by atoms with van der Waals surface area (Å²) in [7, 11) is 0. The van der Waals surface area contributed by atoms with E-state index in [-0.39, 0.29) is 0 Å². The average molecular weight is 260 g/mol. The zero-order valence-electron chi connectivity index (χ0n) is 11.0. The number of nitrogens with one attached hydrogen (secondary N) is 1. The number of carboxylic acids is 1. The summed E-state index contributed by atoms with van der Waals surface area (Å²) in [5.41, 5.74) is 1.56. The molecule has 3 rings (SSSR count). The van der Waals surface area contributed by atoms with Crippen molar-refractivity contribution in [3.05, 3.63) is 35.4 Å². The fraction of sp³-hybridized carbons (Fsp3) is 0.533. The van der Waals surface area contributed by atoms with Crippen LogP contribution in [-0.2, 0) is 6.54 Å². The number of hydrogen-bond donors (Lipinski definition) is 2. The van der Waals surface area contributed by atoms with Gasteiger partial charge in [-0.2, -0.15) is 0 Å². The molecule has 2 aliphatic heterocycles. The molecule has 0 aromatic heterocycles. The maximum absolute atomic E-state index is 10.8. The van der Waals surface area contributed by atoms with E-state index < -0.39 is 5.97 Å². The summed E-state index contributed by atoms with van der Waals surface area (Å²) < 4.78 is 0. The number of benzene rings is 1. The van der Waals surface area contributed by atoms with Crippen molar-refractivity contribution in [3.63, 3.8) is 0 Å². The van der Waals surface area contributed by atoms with Gasteiger partial charge < -0.3 is 10.4 Å². The normalized spacial score (nSPS) is 27.2. The molecule has 0 saturated carbocycles. The molecule has 1 aromatic rings. The molecular formula is C15H20N2O2. The van der Waals surface area contributed by atoms with Gasteiger partial charge in [0, 0.05) is 25.7 Å². The van der Waals surface area contributed by atoms with E-state index in [0.29, 0.717) is 11.6 Å². The van der Waals surface area contributed by atoms with Gasteiger partial charge in [0.15, 0.2) is 0 Å². The maximum Gasteiger partial charge on any atom is 0.335 e. The zero-order valence-corrected chi connectivity index (χ0v) is 11.0. The van der Waals surface area contributed by atoms with Gasteiger partial charge in [-0.3, -0.25) is 4.90 Å². The number of likely N-dealkylation sites (tertiary alicyclic amines) is 1. The van der Waals surface area contributed by atoms with Gasteiger partial charge in [-0.05, 0) is 43.0 Å². The monoisotopic (exact) mass is 260 g/mol. The number of fused-ring (bicyclic) bond motifs is 1. The zero-order chi connectivity index (χ0) is 13.2. The Morgan fingerprint density at radius 1 is 1.32 bits per heavy atom. The van der Waals surface area contributed by atoms with Crippen LogP contribution in [0.25, 0.3) is 0 Å². The predicted molar refractivity (Wildman–Crippen MR) is 73.2 cm³/mol. The highest BCUT2D eigenvalue weighted by Crippen LogP contribution is 2.26. The van der Waals surface area contributed by atoms with Crippen LogP contribution in [-0.4, -0.2) is 41.7 Å². The van der Waals surface area contributed by atoms with Gasteiger partial charge in [0.25, 0.3) is 0 Å². The molecule has 1 aromatic carbocycles.